The molecule has 18 heavy (non-hydrogen) atoms. The monoisotopic (exact) mass is 240 g/mol. The number of rotatable bonds is 2. The lowest BCUT2D eigenvalue weighted by atomic mass is 10.1. The standard InChI is InChI=1S/C13H12N4O/c1-7-3-10-11(4-8(7)2)16-13(15-10)12-9(6-18)5-14-17-12/h3-6H,1-2H3,(H,14,17)(H,15,16). The lowest BCUT2D eigenvalue weighted by molar-refractivity contribution is 0.112. The number of imidazole rings is 1. The predicted octanol–water partition coefficient (Wildman–Crippen LogP) is 2.38. The number of aldehydes is 1. The summed E-state index contributed by atoms with van der Waals surface area (Å²) in [4.78, 5) is 18.6. The SMILES string of the molecule is Cc1cc2nc(-c3[nH]ncc3C=O)[nH]c2cc1C. The first-order valence-electron chi connectivity index (χ1n) is 5.65. The van der Waals surface area contributed by atoms with Crippen LogP contribution in [0.25, 0.3) is 22.6 Å². The van der Waals surface area contributed by atoms with Gasteiger partial charge in [-0.3, -0.25) is 9.89 Å². The number of hydrogen-bond donors (Lipinski definition) is 2. The van der Waals surface area contributed by atoms with Gasteiger partial charge in [-0.25, -0.2) is 4.98 Å². The molecule has 0 radical (unpaired) electrons. The highest BCUT2D eigenvalue weighted by atomic mass is 16.1. The summed E-state index contributed by atoms with van der Waals surface area (Å²) in [6.07, 6.45) is 2.26. The van der Waals surface area contributed by atoms with Crippen LogP contribution in [0.1, 0.15) is 21.5 Å². The van der Waals surface area contributed by atoms with Crippen molar-refractivity contribution in [2.24, 2.45) is 0 Å². The van der Waals surface area contributed by atoms with Crippen LogP contribution in [0.15, 0.2) is 18.3 Å². The average Bonchev–Trinajstić information content (AvgIpc) is 2.95. The van der Waals surface area contributed by atoms with Gasteiger partial charge in [0, 0.05) is 0 Å². The number of nitrogens with zero attached hydrogens (tertiary/aromatic N) is 2. The Kier molecular flexibility index (Phi) is 2.26. The number of carbonyl (C=O) groups is 1. The number of fused-ring (bicyclic) bond motifs is 1. The molecule has 1 aromatic carbocycles. The zero-order valence-corrected chi connectivity index (χ0v) is 10.1. The van der Waals surface area contributed by atoms with E-state index in [2.05, 4.69) is 40.1 Å². The highest BCUT2D eigenvalue weighted by Crippen LogP contribution is 2.23. The molecule has 2 aromatic heterocycles. The second-order valence-corrected chi connectivity index (χ2v) is 4.36. The van der Waals surface area contributed by atoms with Crippen LogP contribution in [0.5, 0.6) is 0 Å². The Balaban J connectivity index is 2.22. The highest BCUT2D eigenvalue weighted by Gasteiger charge is 2.12. The molecule has 0 unspecified atom stereocenters. The summed E-state index contributed by atoms with van der Waals surface area (Å²) in [6, 6.07) is 4.08. The molecular formula is C13H12N4O. The van der Waals surface area contributed by atoms with Gasteiger partial charge in [0.2, 0.25) is 0 Å². The normalized spacial score (nSPS) is 11.0. The van der Waals surface area contributed by atoms with Crippen molar-refractivity contribution in [3.05, 3.63) is 35.0 Å². The van der Waals surface area contributed by atoms with Gasteiger partial charge >= 0.3 is 0 Å². The van der Waals surface area contributed by atoms with Gasteiger partial charge in [-0.1, -0.05) is 0 Å². The molecule has 3 rings (SSSR count). The summed E-state index contributed by atoms with van der Waals surface area (Å²) in [5.74, 6) is 0.634. The van der Waals surface area contributed by atoms with Crippen LogP contribution in [0.2, 0.25) is 0 Å². The van der Waals surface area contributed by atoms with E-state index in [0.29, 0.717) is 17.1 Å². The number of hydrogen-bond acceptors (Lipinski definition) is 3. The molecular weight excluding hydrogens is 228 g/mol. The van der Waals surface area contributed by atoms with Crippen LogP contribution in [0.4, 0.5) is 0 Å². The minimum Gasteiger partial charge on any atom is -0.337 e. The molecule has 0 aliphatic heterocycles. The van der Waals surface area contributed by atoms with E-state index < -0.39 is 0 Å². The first kappa shape index (κ1) is 10.7. The van der Waals surface area contributed by atoms with Gasteiger partial charge in [0.25, 0.3) is 0 Å². The van der Waals surface area contributed by atoms with E-state index in [1.54, 1.807) is 0 Å². The largest absolute Gasteiger partial charge is 0.337 e. The molecule has 90 valence electrons. The summed E-state index contributed by atoms with van der Waals surface area (Å²) in [7, 11) is 0. The van der Waals surface area contributed by atoms with Crippen LogP contribution in [0.3, 0.4) is 0 Å². The van der Waals surface area contributed by atoms with Crippen molar-refractivity contribution in [1.29, 1.82) is 0 Å². The van der Waals surface area contributed by atoms with Crippen LogP contribution in [0, 0.1) is 13.8 Å². The first-order chi connectivity index (χ1) is 8.69. The van der Waals surface area contributed by atoms with Crippen molar-refractivity contribution < 1.29 is 4.79 Å². The number of carbonyl (C=O) groups excluding carboxylic acids is 1. The van der Waals surface area contributed by atoms with Crippen molar-refractivity contribution in [2.45, 2.75) is 13.8 Å². The second-order valence-electron chi connectivity index (χ2n) is 4.36. The van der Waals surface area contributed by atoms with E-state index in [0.717, 1.165) is 17.3 Å². The van der Waals surface area contributed by atoms with E-state index in [-0.39, 0.29) is 0 Å². The van der Waals surface area contributed by atoms with Crippen molar-refractivity contribution in [3.63, 3.8) is 0 Å². The Hall–Kier alpha value is -2.43. The van der Waals surface area contributed by atoms with E-state index in [4.69, 9.17) is 0 Å². The van der Waals surface area contributed by atoms with E-state index in [1.807, 2.05) is 6.07 Å². The van der Waals surface area contributed by atoms with E-state index in [1.165, 1.54) is 17.3 Å². The number of nitrogens with one attached hydrogen (secondary N) is 2. The van der Waals surface area contributed by atoms with E-state index >= 15 is 0 Å². The summed E-state index contributed by atoms with van der Waals surface area (Å²) in [5, 5.41) is 6.65. The summed E-state index contributed by atoms with van der Waals surface area (Å²) >= 11 is 0. The third-order valence-corrected chi connectivity index (χ3v) is 3.13. The maximum absolute atomic E-state index is 10.9. The molecule has 5 heteroatoms. The maximum Gasteiger partial charge on any atom is 0.157 e. The Morgan fingerprint density at radius 3 is 2.78 bits per heavy atom. The first-order valence-corrected chi connectivity index (χ1v) is 5.65. The Morgan fingerprint density at radius 1 is 1.22 bits per heavy atom. The van der Waals surface area contributed by atoms with Crippen molar-refractivity contribution in [2.75, 3.05) is 0 Å². The Labute approximate surface area is 103 Å². The third-order valence-electron chi connectivity index (χ3n) is 3.13. The minimum absolute atomic E-state index is 0.502. The topological polar surface area (TPSA) is 74.4 Å². The number of aryl methyl sites for hydroxylation is 2. The summed E-state index contributed by atoms with van der Waals surface area (Å²) < 4.78 is 0. The zero-order chi connectivity index (χ0) is 12.7. The summed E-state index contributed by atoms with van der Waals surface area (Å²) in [5.41, 5.74) is 5.37. The van der Waals surface area contributed by atoms with Gasteiger partial charge < -0.3 is 4.98 Å². The quantitative estimate of drug-likeness (QED) is 0.675. The molecule has 0 saturated carbocycles. The molecule has 0 fully saturated rings. The number of aromatic amines is 2. The number of aromatic nitrogens is 4. The van der Waals surface area contributed by atoms with Crippen LogP contribution in [-0.2, 0) is 0 Å². The highest BCUT2D eigenvalue weighted by molar-refractivity contribution is 5.86. The maximum atomic E-state index is 10.9. The predicted molar refractivity (Wildman–Crippen MR) is 68.5 cm³/mol. The Morgan fingerprint density at radius 2 is 2.00 bits per heavy atom. The summed E-state index contributed by atoms with van der Waals surface area (Å²) in [6.45, 7) is 4.11. The van der Waals surface area contributed by atoms with Gasteiger partial charge in [0.05, 0.1) is 22.8 Å². The average molecular weight is 240 g/mol. The van der Waals surface area contributed by atoms with Crippen LogP contribution < -0.4 is 0 Å². The molecule has 5 nitrogen and oxygen atoms in total. The van der Waals surface area contributed by atoms with Gasteiger partial charge in [0.1, 0.15) is 5.69 Å². The van der Waals surface area contributed by atoms with Crippen molar-refractivity contribution in [1.82, 2.24) is 20.2 Å². The fourth-order valence-electron chi connectivity index (χ4n) is 1.96. The molecule has 2 N–H and O–H groups in total. The molecule has 0 aliphatic carbocycles. The molecule has 0 spiro atoms. The lowest BCUT2D eigenvalue weighted by Crippen LogP contribution is -1.85. The molecule has 0 aliphatic rings. The van der Waals surface area contributed by atoms with Gasteiger partial charge in [-0.2, -0.15) is 5.10 Å². The van der Waals surface area contributed by atoms with Crippen LogP contribution in [-0.4, -0.2) is 26.5 Å². The Bertz CT molecular complexity index is 700. The van der Waals surface area contributed by atoms with Gasteiger partial charge in [-0.05, 0) is 37.1 Å². The van der Waals surface area contributed by atoms with Crippen LogP contribution >= 0.6 is 0 Å². The zero-order valence-electron chi connectivity index (χ0n) is 10.1. The van der Waals surface area contributed by atoms with Gasteiger partial charge in [-0.15, -0.1) is 0 Å². The second kappa shape index (κ2) is 3.80. The lowest BCUT2D eigenvalue weighted by Gasteiger charge is -1.97. The van der Waals surface area contributed by atoms with Crippen molar-refractivity contribution >= 4 is 17.3 Å². The smallest absolute Gasteiger partial charge is 0.157 e. The molecule has 2 heterocycles. The molecule has 0 bridgehead atoms. The third kappa shape index (κ3) is 1.52. The van der Waals surface area contributed by atoms with Gasteiger partial charge in [0.15, 0.2) is 12.1 Å². The molecule has 0 amide bonds. The molecule has 3 aromatic rings. The fourth-order valence-corrected chi connectivity index (χ4v) is 1.96. The number of benzene rings is 1. The molecule has 0 atom stereocenters. The minimum atomic E-state index is 0.502. The fraction of sp³-hybridized carbons (Fsp3) is 0.154. The molecule has 0 saturated heterocycles. The van der Waals surface area contributed by atoms with Crippen molar-refractivity contribution in [3.8, 4) is 11.5 Å². The number of H-pyrrole nitrogens is 2. The van der Waals surface area contributed by atoms with E-state index in [9.17, 15) is 4.79 Å².